The summed E-state index contributed by atoms with van der Waals surface area (Å²) in [7, 11) is 0. The van der Waals surface area contributed by atoms with Crippen molar-refractivity contribution in [1.82, 2.24) is 5.32 Å². The zero-order chi connectivity index (χ0) is 13.8. The lowest BCUT2D eigenvalue weighted by atomic mass is 10.0. The maximum absolute atomic E-state index is 3.69. The van der Waals surface area contributed by atoms with Crippen LogP contribution in [0.1, 0.15) is 18.5 Å². The molecule has 104 valence electrons. The van der Waals surface area contributed by atoms with E-state index in [0.29, 0.717) is 6.04 Å². The van der Waals surface area contributed by atoms with E-state index in [1.54, 1.807) is 0 Å². The zero-order valence-corrected chi connectivity index (χ0v) is 12.7. The predicted octanol–water partition coefficient (Wildman–Crippen LogP) is 4.37. The van der Waals surface area contributed by atoms with Gasteiger partial charge in [-0.15, -0.1) is 0 Å². The van der Waals surface area contributed by atoms with E-state index in [0.717, 1.165) is 12.5 Å². The highest BCUT2D eigenvalue weighted by atomic mass is 32.2. The lowest BCUT2D eigenvalue weighted by Crippen LogP contribution is -2.25. The third-order valence-electron chi connectivity index (χ3n) is 3.82. The van der Waals surface area contributed by atoms with Crippen LogP contribution in [-0.4, -0.2) is 18.1 Å². The van der Waals surface area contributed by atoms with Gasteiger partial charge in [0.25, 0.3) is 0 Å². The molecule has 2 unspecified atom stereocenters. The molecule has 1 fully saturated rings. The first-order chi connectivity index (χ1) is 9.83. The average molecular weight is 283 g/mol. The SMILES string of the molecule is CC1CNC(c2ccc(-c3ccccc3)cc2)CSC1. The van der Waals surface area contributed by atoms with Crippen LogP contribution >= 0.6 is 11.8 Å². The van der Waals surface area contributed by atoms with Crippen LogP contribution in [0, 0.1) is 5.92 Å². The first kappa shape index (κ1) is 13.7. The number of hydrogen-bond donors (Lipinski definition) is 1. The largest absolute Gasteiger partial charge is 0.309 e. The molecule has 0 radical (unpaired) electrons. The Bertz CT molecular complexity index is 535. The van der Waals surface area contributed by atoms with Gasteiger partial charge in [-0.25, -0.2) is 0 Å². The van der Waals surface area contributed by atoms with Crippen molar-refractivity contribution in [3.63, 3.8) is 0 Å². The highest BCUT2D eigenvalue weighted by molar-refractivity contribution is 7.99. The summed E-state index contributed by atoms with van der Waals surface area (Å²) >= 11 is 2.06. The number of thioether (sulfide) groups is 1. The van der Waals surface area contributed by atoms with Gasteiger partial charge in [0.05, 0.1) is 0 Å². The molecule has 1 nitrogen and oxygen atoms in total. The molecule has 2 heteroatoms. The van der Waals surface area contributed by atoms with Crippen molar-refractivity contribution in [1.29, 1.82) is 0 Å². The van der Waals surface area contributed by atoms with Crippen molar-refractivity contribution in [2.45, 2.75) is 13.0 Å². The van der Waals surface area contributed by atoms with Gasteiger partial charge in [-0.2, -0.15) is 11.8 Å². The Balaban J connectivity index is 1.76. The summed E-state index contributed by atoms with van der Waals surface area (Å²) in [6, 6.07) is 20.1. The Kier molecular flexibility index (Phi) is 4.44. The van der Waals surface area contributed by atoms with Crippen LogP contribution in [-0.2, 0) is 0 Å². The molecule has 3 rings (SSSR count). The first-order valence-corrected chi connectivity index (χ1v) is 8.45. The van der Waals surface area contributed by atoms with E-state index < -0.39 is 0 Å². The average Bonchev–Trinajstić information content (AvgIpc) is 2.73. The molecule has 2 aromatic rings. The van der Waals surface area contributed by atoms with Gasteiger partial charge in [0.2, 0.25) is 0 Å². The van der Waals surface area contributed by atoms with Crippen molar-refractivity contribution < 1.29 is 0 Å². The molecule has 2 aromatic carbocycles. The molecule has 0 aliphatic carbocycles. The summed E-state index contributed by atoms with van der Waals surface area (Å²) in [6.45, 7) is 3.44. The highest BCUT2D eigenvalue weighted by Gasteiger charge is 2.17. The number of hydrogen-bond acceptors (Lipinski definition) is 2. The van der Waals surface area contributed by atoms with E-state index in [-0.39, 0.29) is 0 Å². The highest BCUT2D eigenvalue weighted by Crippen LogP contribution is 2.26. The van der Waals surface area contributed by atoms with Crippen LogP contribution in [0.4, 0.5) is 0 Å². The molecule has 0 bridgehead atoms. The number of rotatable bonds is 2. The maximum atomic E-state index is 3.69. The van der Waals surface area contributed by atoms with Crippen LogP contribution in [0.2, 0.25) is 0 Å². The van der Waals surface area contributed by atoms with Crippen LogP contribution in [0.5, 0.6) is 0 Å². The van der Waals surface area contributed by atoms with E-state index in [9.17, 15) is 0 Å². The van der Waals surface area contributed by atoms with Gasteiger partial charge in [0.15, 0.2) is 0 Å². The van der Waals surface area contributed by atoms with Gasteiger partial charge in [0, 0.05) is 11.8 Å². The van der Waals surface area contributed by atoms with E-state index in [1.165, 1.54) is 28.2 Å². The number of benzene rings is 2. The van der Waals surface area contributed by atoms with Gasteiger partial charge in [-0.3, -0.25) is 0 Å². The monoisotopic (exact) mass is 283 g/mol. The standard InChI is InChI=1S/C18H21NS/c1-14-11-19-18(13-20-12-14)17-9-7-16(8-10-17)15-5-3-2-4-6-15/h2-10,14,18-19H,11-13H2,1H3. The lowest BCUT2D eigenvalue weighted by Gasteiger charge is -2.16. The Hall–Kier alpha value is -1.25. The smallest absolute Gasteiger partial charge is 0.0411 e. The van der Waals surface area contributed by atoms with E-state index in [4.69, 9.17) is 0 Å². The summed E-state index contributed by atoms with van der Waals surface area (Å²) in [5.41, 5.74) is 3.99. The lowest BCUT2D eigenvalue weighted by molar-refractivity contribution is 0.518. The molecule has 0 spiro atoms. The minimum absolute atomic E-state index is 0.495. The van der Waals surface area contributed by atoms with Gasteiger partial charge in [-0.05, 0) is 34.9 Å². The molecule has 1 heterocycles. The van der Waals surface area contributed by atoms with Gasteiger partial charge in [-0.1, -0.05) is 61.5 Å². The third-order valence-corrected chi connectivity index (χ3v) is 5.19. The second-order valence-electron chi connectivity index (χ2n) is 5.59. The summed E-state index contributed by atoms with van der Waals surface area (Å²) in [6.07, 6.45) is 0. The topological polar surface area (TPSA) is 12.0 Å². The fourth-order valence-electron chi connectivity index (χ4n) is 2.60. The molecule has 0 aromatic heterocycles. The second-order valence-corrected chi connectivity index (χ2v) is 6.67. The third kappa shape index (κ3) is 3.25. The van der Waals surface area contributed by atoms with Crippen LogP contribution in [0.15, 0.2) is 54.6 Å². The van der Waals surface area contributed by atoms with Gasteiger partial charge >= 0.3 is 0 Å². The molecule has 1 saturated heterocycles. The molecule has 1 aliphatic heterocycles. The van der Waals surface area contributed by atoms with Gasteiger partial charge in [0.1, 0.15) is 0 Å². The molecule has 0 saturated carbocycles. The second kappa shape index (κ2) is 6.47. The van der Waals surface area contributed by atoms with Crippen molar-refractivity contribution in [2.24, 2.45) is 5.92 Å². The Morgan fingerprint density at radius 1 is 0.900 bits per heavy atom. The first-order valence-electron chi connectivity index (χ1n) is 7.29. The van der Waals surface area contributed by atoms with E-state index in [1.807, 2.05) is 0 Å². The minimum atomic E-state index is 0.495. The summed E-state index contributed by atoms with van der Waals surface area (Å²) in [4.78, 5) is 0. The van der Waals surface area contributed by atoms with Crippen molar-refractivity contribution >= 4 is 11.8 Å². The minimum Gasteiger partial charge on any atom is -0.309 e. The van der Waals surface area contributed by atoms with Crippen LogP contribution in [0.25, 0.3) is 11.1 Å². The van der Waals surface area contributed by atoms with Crippen molar-refractivity contribution in [2.75, 3.05) is 18.1 Å². The van der Waals surface area contributed by atoms with Gasteiger partial charge < -0.3 is 5.32 Å². The van der Waals surface area contributed by atoms with E-state index in [2.05, 4.69) is 78.6 Å². The van der Waals surface area contributed by atoms with Crippen molar-refractivity contribution in [3.05, 3.63) is 60.2 Å². The van der Waals surface area contributed by atoms with Crippen LogP contribution < -0.4 is 5.32 Å². The Labute approximate surface area is 125 Å². The van der Waals surface area contributed by atoms with E-state index >= 15 is 0 Å². The van der Waals surface area contributed by atoms with Crippen LogP contribution in [0.3, 0.4) is 0 Å². The summed E-state index contributed by atoms with van der Waals surface area (Å²) in [5, 5.41) is 3.69. The molecule has 20 heavy (non-hydrogen) atoms. The molecule has 2 atom stereocenters. The normalized spacial score (nSPS) is 23.2. The Morgan fingerprint density at radius 2 is 1.60 bits per heavy atom. The molecule has 1 N–H and O–H groups in total. The fraction of sp³-hybridized carbons (Fsp3) is 0.333. The quantitative estimate of drug-likeness (QED) is 0.878. The molecule has 0 amide bonds. The number of nitrogens with one attached hydrogen (secondary N) is 1. The molecule has 1 aliphatic rings. The summed E-state index contributed by atoms with van der Waals surface area (Å²) in [5.74, 6) is 3.22. The maximum Gasteiger partial charge on any atom is 0.0411 e. The molecular formula is C18H21NS. The van der Waals surface area contributed by atoms with Crippen molar-refractivity contribution in [3.8, 4) is 11.1 Å². The molecular weight excluding hydrogens is 262 g/mol. The zero-order valence-electron chi connectivity index (χ0n) is 11.9. The predicted molar refractivity (Wildman–Crippen MR) is 89.1 cm³/mol. The summed E-state index contributed by atoms with van der Waals surface area (Å²) < 4.78 is 0. The Morgan fingerprint density at radius 3 is 2.35 bits per heavy atom. The fourth-order valence-corrected chi connectivity index (χ4v) is 3.80.